The molecule has 0 unspecified atom stereocenters. The quantitative estimate of drug-likeness (QED) is 0.199. The molecular formula is C44H26N4. The van der Waals surface area contributed by atoms with E-state index in [4.69, 9.17) is 9.97 Å². The highest BCUT2D eigenvalue weighted by molar-refractivity contribution is 6.35. The molecule has 5 heterocycles. The topological polar surface area (TPSA) is 35.1 Å². The van der Waals surface area contributed by atoms with Crippen molar-refractivity contribution in [2.24, 2.45) is 0 Å². The molecule has 0 aliphatic heterocycles. The third kappa shape index (κ3) is 3.33. The van der Waals surface area contributed by atoms with Crippen molar-refractivity contribution in [3.05, 3.63) is 158 Å². The molecule has 4 nitrogen and oxygen atoms in total. The zero-order chi connectivity index (χ0) is 31.3. The Kier molecular flexibility index (Phi) is 5.08. The Morgan fingerprint density at radius 2 is 0.979 bits per heavy atom. The second-order valence-corrected chi connectivity index (χ2v) is 12.6. The summed E-state index contributed by atoms with van der Waals surface area (Å²) in [5.74, 6) is 0. The Hall–Kier alpha value is -6.52. The maximum Gasteiger partial charge on any atom is 0.146 e. The number of pyridine rings is 2. The molecule has 0 aliphatic rings. The maximum absolute atomic E-state index is 5.59. The predicted molar refractivity (Wildman–Crippen MR) is 199 cm³/mol. The lowest BCUT2D eigenvalue weighted by Crippen LogP contribution is -1.97. The van der Waals surface area contributed by atoms with Crippen LogP contribution in [0.5, 0.6) is 0 Å². The van der Waals surface area contributed by atoms with Gasteiger partial charge in [-0.2, -0.15) is 0 Å². The lowest BCUT2D eigenvalue weighted by Gasteiger charge is -2.13. The van der Waals surface area contributed by atoms with Gasteiger partial charge in [-0.25, -0.2) is 9.97 Å². The largest absolute Gasteiger partial charge is 0.308 e. The third-order valence-electron chi connectivity index (χ3n) is 10.0. The van der Waals surface area contributed by atoms with E-state index in [-0.39, 0.29) is 0 Å². The van der Waals surface area contributed by atoms with E-state index in [0.717, 1.165) is 55.7 Å². The average molecular weight is 611 g/mol. The second-order valence-electron chi connectivity index (χ2n) is 12.6. The second kappa shape index (κ2) is 9.50. The fourth-order valence-corrected chi connectivity index (χ4v) is 8.07. The van der Waals surface area contributed by atoms with Crippen LogP contribution in [-0.2, 0) is 0 Å². The van der Waals surface area contributed by atoms with Crippen LogP contribution in [0.3, 0.4) is 0 Å². The number of aromatic nitrogens is 4. The van der Waals surface area contributed by atoms with Crippen molar-refractivity contribution in [1.82, 2.24) is 18.9 Å². The number of hydrogen-bond acceptors (Lipinski definition) is 2. The highest BCUT2D eigenvalue weighted by atomic mass is 15.0. The number of fused-ring (bicyclic) bond motifs is 11. The van der Waals surface area contributed by atoms with Gasteiger partial charge in [0, 0.05) is 54.5 Å². The fraction of sp³-hybridized carbons (Fsp3) is 0. The lowest BCUT2D eigenvalue weighted by molar-refractivity contribution is 1.14. The number of hydrogen-bond donors (Lipinski definition) is 0. The van der Waals surface area contributed by atoms with E-state index >= 15 is 0 Å². The van der Waals surface area contributed by atoms with Crippen LogP contribution < -0.4 is 0 Å². The highest BCUT2D eigenvalue weighted by Gasteiger charge is 2.26. The maximum atomic E-state index is 5.59. The van der Waals surface area contributed by atoms with Gasteiger partial charge in [0.2, 0.25) is 0 Å². The smallest absolute Gasteiger partial charge is 0.146 e. The van der Waals surface area contributed by atoms with E-state index in [1.165, 1.54) is 43.5 Å². The molecule has 0 aliphatic carbocycles. The van der Waals surface area contributed by atoms with Crippen LogP contribution in [0, 0.1) is 0 Å². The highest BCUT2D eigenvalue weighted by Crippen LogP contribution is 2.48. The number of nitrogens with zero attached hydrogens (tertiary/aromatic N) is 4. The van der Waals surface area contributed by atoms with Crippen molar-refractivity contribution in [2.45, 2.75) is 0 Å². The predicted octanol–water partition coefficient (Wildman–Crippen LogP) is 11.2. The standard InChI is InChI=1S/C44H26N4/c1-3-13-27(14-4-1)34-25-24-33-39-31-18-8-11-21-37(31)48-38-22-12-9-19-32(38)40(43(39)48)41(42(33)45-34)35-26-23-30-29-17-7-10-20-36(29)47(44(30)46-35)28-15-5-2-6-16-28/h1-26H. The minimum atomic E-state index is 0.913. The minimum Gasteiger partial charge on any atom is -0.308 e. The number of para-hydroxylation sites is 4. The first-order valence-electron chi connectivity index (χ1n) is 16.4. The Balaban J connectivity index is 1.36. The third-order valence-corrected chi connectivity index (χ3v) is 10.0. The van der Waals surface area contributed by atoms with E-state index in [2.05, 4.69) is 167 Å². The van der Waals surface area contributed by atoms with Crippen molar-refractivity contribution in [3.8, 4) is 28.2 Å². The first kappa shape index (κ1) is 25.6. The van der Waals surface area contributed by atoms with E-state index in [1.807, 2.05) is 0 Å². The number of benzene rings is 6. The Bertz CT molecular complexity index is 3040. The Morgan fingerprint density at radius 1 is 0.396 bits per heavy atom. The van der Waals surface area contributed by atoms with Crippen molar-refractivity contribution in [3.63, 3.8) is 0 Å². The first-order valence-corrected chi connectivity index (χ1v) is 16.4. The average Bonchev–Trinajstić information content (AvgIpc) is 3.79. The molecule has 6 aromatic carbocycles. The molecule has 0 atom stereocenters. The van der Waals surface area contributed by atoms with Crippen LogP contribution in [0.4, 0.5) is 0 Å². The fourth-order valence-electron chi connectivity index (χ4n) is 8.07. The van der Waals surface area contributed by atoms with Gasteiger partial charge in [0.25, 0.3) is 0 Å². The molecule has 0 N–H and O–H groups in total. The molecular weight excluding hydrogens is 585 g/mol. The van der Waals surface area contributed by atoms with Crippen LogP contribution in [-0.4, -0.2) is 18.9 Å². The van der Waals surface area contributed by atoms with E-state index in [9.17, 15) is 0 Å². The van der Waals surface area contributed by atoms with E-state index in [0.29, 0.717) is 0 Å². The minimum absolute atomic E-state index is 0.913. The summed E-state index contributed by atoms with van der Waals surface area (Å²) in [6, 6.07) is 56.1. The van der Waals surface area contributed by atoms with Crippen molar-refractivity contribution in [1.29, 1.82) is 0 Å². The summed E-state index contributed by atoms with van der Waals surface area (Å²) >= 11 is 0. The zero-order valence-electron chi connectivity index (χ0n) is 25.8. The molecule has 0 spiro atoms. The summed E-state index contributed by atoms with van der Waals surface area (Å²) < 4.78 is 4.74. The van der Waals surface area contributed by atoms with Crippen LogP contribution in [0.2, 0.25) is 0 Å². The van der Waals surface area contributed by atoms with Crippen LogP contribution in [0.25, 0.3) is 99.1 Å². The summed E-state index contributed by atoms with van der Waals surface area (Å²) in [6.45, 7) is 0. The molecule has 0 amide bonds. The van der Waals surface area contributed by atoms with Gasteiger partial charge in [0.15, 0.2) is 0 Å². The van der Waals surface area contributed by atoms with Gasteiger partial charge in [-0.1, -0.05) is 103 Å². The Morgan fingerprint density at radius 3 is 1.73 bits per heavy atom. The molecule has 0 fully saturated rings. The molecule has 11 aromatic rings. The summed E-state index contributed by atoms with van der Waals surface area (Å²) in [6.07, 6.45) is 0. The van der Waals surface area contributed by atoms with Crippen LogP contribution in [0.1, 0.15) is 0 Å². The van der Waals surface area contributed by atoms with E-state index < -0.39 is 0 Å². The van der Waals surface area contributed by atoms with Gasteiger partial charge >= 0.3 is 0 Å². The molecule has 0 saturated carbocycles. The summed E-state index contributed by atoms with van der Waals surface area (Å²) in [7, 11) is 0. The van der Waals surface area contributed by atoms with Crippen LogP contribution >= 0.6 is 0 Å². The summed E-state index contributed by atoms with van der Waals surface area (Å²) in [4.78, 5) is 11.1. The van der Waals surface area contributed by atoms with Gasteiger partial charge in [-0.15, -0.1) is 0 Å². The molecule has 222 valence electrons. The van der Waals surface area contributed by atoms with Gasteiger partial charge < -0.3 is 4.40 Å². The monoisotopic (exact) mass is 610 g/mol. The van der Waals surface area contributed by atoms with Gasteiger partial charge in [0.05, 0.1) is 39.0 Å². The first-order chi connectivity index (χ1) is 23.8. The van der Waals surface area contributed by atoms with Gasteiger partial charge in [-0.3, -0.25) is 4.57 Å². The molecule has 5 aromatic heterocycles. The van der Waals surface area contributed by atoms with Crippen molar-refractivity contribution in [2.75, 3.05) is 0 Å². The van der Waals surface area contributed by atoms with E-state index in [1.54, 1.807) is 0 Å². The molecule has 0 saturated heterocycles. The summed E-state index contributed by atoms with van der Waals surface area (Å²) in [5, 5.41) is 8.33. The summed E-state index contributed by atoms with van der Waals surface area (Å²) in [5.41, 5.74) is 11.8. The van der Waals surface area contributed by atoms with Crippen molar-refractivity contribution < 1.29 is 0 Å². The molecule has 4 heteroatoms. The normalized spacial score (nSPS) is 12.2. The van der Waals surface area contributed by atoms with Gasteiger partial charge in [0.1, 0.15) is 5.65 Å². The molecule has 48 heavy (non-hydrogen) atoms. The van der Waals surface area contributed by atoms with Crippen LogP contribution in [0.15, 0.2) is 158 Å². The molecule has 0 radical (unpaired) electrons. The molecule has 11 rings (SSSR count). The Labute approximate surface area is 275 Å². The van der Waals surface area contributed by atoms with Crippen molar-refractivity contribution >= 4 is 70.9 Å². The number of rotatable bonds is 3. The molecule has 0 bridgehead atoms. The van der Waals surface area contributed by atoms with Gasteiger partial charge in [-0.05, 0) is 54.6 Å². The zero-order valence-corrected chi connectivity index (χ0v) is 25.8. The SMILES string of the molecule is c1ccc(-c2ccc3c(n2)c(-c2ccc4c5ccccc5n(-c5ccccc5)c4n2)c2c4ccccc4n4c5ccccc5c3c24)cc1. The lowest BCUT2D eigenvalue weighted by atomic mass is 9.94.